The highest BCUT2D eigenvalue weighted by Crippen LogP contribution is 2.19. The van der Waals surface area contributed by atoms with E-state index >= 15 is 0 Å². The maximum absolute atomic E-state index is 12.3. The molecule has 0 unspecified atom stereocenters. The fourth-order valence-corrected chi connectivity index (χ4v) is 4.06. The molecule has 3 aromatic carbocycles. The Morgan fingerprint density at radius 3 is 2.30 bits per heavy atom. The van der Waals surface area contributed by atoms with E-state index in [0.717, 1.165) is 20.6 Å². The number of carbonyl (C=O) groups excluding carboxylic acids is 3. The first-order valence-electron chi connectivity index (χ1n) is 10.0. The Kier molecular flexibility index (Phi) is 7.41. The lowest BCUT2D eigenvalue weighted by molar-refractivity contribution is -0.126. The van der Waals surface area contributed by atoms with Crippen LogP contribution in [0.25, 0.3) is 10.8 Å². The largest absolute Gasteiger partial charge is 0.347 e. The fourth-order valence-electron chi connectivity index (χ4n) is 3.11. The van der Waals surface area contributed by atoms with Gasteiger partial charge in [0, 0.05) is 19.7 Å². The van der Waals surface area contributed by atoms with Crippen LogP contribution in [0, 0.1) is 0 Å². The van der Waals surface area contributed by atoms with Crippen molar-refractivity contribution in [3.8, 4) is 0 Å². The van der Waals surface area contributed by atoms with Crippen molar-refractivity contribution in [3.05, 3.63) is 77.9 Å². The maximum Gasteiger partial charge on any atom is 0.269 e. The molecule has 0 aromatic heterocycles. The van der Waals surface area contributed by atoms with Gasteiger partial charge in [0.2, 0.25) is 15.9 Å². The van der Waals surface area contributed by atoms with Gasteiger partial charge in [-0.25, -0.2) is 12.7 Å². The highest BCUT2D eigenvalue weighted by Gasteiger charge is 2.19. The third kappa shape index (κ3) is 5.93. The zero-order chi connectivity index (χ0) is 24.0. The number of hydrazine groups is 1. The second kappa shape index (κ2) is 10.2. The van der Waals surface area contributed by atoms with Crippen LogP contribution in [0.2, 0.25) is 0 Å². The Balaban J connectivity index is 1.51. The predicted molar refractivity (Wildman–Crippen MR) is 124 cm³/mol. The van der Waals surface area contributed by atoms with Crippen molar-refractivity contribution >= 4 is 38.5 Å². The molecule has 3 aromatic rings. The number of rotatable bonds is 7. The van der Waals surface area contributed by atoms with Crippen LogP contribution in [-0.2, 0) is 26.0 Å². The van der Waals surface area contributed by atoms with E-state index in [1.165, 1.54) is 38.4 Å². The number of sulfonamides is 1. The van der Waals surface area contributed by atoms with E-state index in [9.17, 15) is 22.8 Å². The Morgan fingerprint density at radius 1 is 0.848 bits per heavy atom. The summed E-state index contributed by atoms with van der Waals surface area (Å²) < 4.78 is 25.5. The molecule has 0 aliphatic heterocycles. The quantitative estimate of drug-likeness (QED) is 0.450. The molecular weight excluding hydrogens is 444 g/mol. The van der Waals surface area contributed by atoms with Crippen molar-refractivity contribution < 1.29 is 22.8 Å². The van der Waals surface area contributed by atoms with Gasteiger partial charge in [0.25, 0.3) is 11.8 Å². The van der Waals surface area contributed by atoms with Gasteiger partial charge in [0.05, 0.1) is 17.9 Å². The minimum atomic E-state index is -3.70. The average Bonchev–Trinajstić information content (AvgIpc) is 2.81. The van der Waals surface area contributed by atoms with Crippen LogP contribution in [0.15, 0.2) is 71.6 Å². The van der Waals surface area contributed by atoms with Gasteiger partial charge in [-0.2, -0.15) is 0 Å². The fraction of sp³-hybridized carbons (Fsp3) is 0.174. The van der Waals surface area contributed by atoms with Gasteiger partial charge in [-0.1, -0.05) is 48.5 Å². The number of benzene rings is 3. The first-order chi connectivity index (χ1) is 15.7. The number of nitrogens with one attached hydrogen (secondary N) is 3. The normalized spacial score (nSPS) is 11.2. The number of carbonyl (C=O) groups is 3. The van der Waals surface area contributed by atoms with Crippen LogP contribution in [0.4, 0.5) is 0 Å². The number of nitrogens with zero attached hydrogens (tertiary/aromatic N) is 1. The average molecular weight is 469 g/mol. The Morgan fingerprint density at radius 2 is 1.55 bits per heavy atom. The molecule has 0 aliphatic rings. The van der Waals surface area contributed by atoms with Gasteiger partial charge < -0.3 is 5.32 Å². The molecular formula is C23H24N4O5S. The summed E-state index contributed by atoms with van der Waals surface area (Å²) in [6.07, 6.45) is 0.105. The molecule has 0 fully saturated rings. The van der Waals surface area contributed by atoms with Gasteiger partial charge in [-0.15, -0.1) is 0 Å². The predicted octanol–water partition coefficient (Wildman–Crippen LogP) is 1.21. The van der Waals surface area contributed by atoms with Gasteiger partial charge in [-0.3, -0.25) is 25.2 Å². The zero-order valence-corrected chi connectivity index (χ0v) is 19.0. The maximum atomic E-state index is 12.3. The van der Waals surface area contributed by atoms with E-state index in [1.807, 2.05) is 42.5 Å². The molecule has 0 spiro atoms. The Labute approximate surface area is 191 Å². The standard InChI is InChI=1S/C23H24N4O5S/c1-27(2)33(31,32)19-11-6-10-18(13-19)23(30)26-25-22(29)15-24-21(28)14-17-9-5-8-16-7-3-4-12-20(16)17/h3-13H,14-15H2,1-2H3,(H,24,28)(H,25,29)(H,26,30). The van der Waals surface area contributed by atoms with Crippen LogP contribution in [-0.4, -0.2) is 51.1 Å². The number of fused-ring (bicyclic) bond motifs is 1. The summed E-state index contributed by atoms with van der Waals surface area (Å²) in [4.78, 5) is 36.5. The molecule has 0 atom stereocenters. The summed E-state index contributed by atoms with van der Waals surface area (Å²) in [5.74, 6) is -1.66. The smallest absolute Gasteiger partial charge is 0.269 e. The van der Waals surface area contributed by atoms with E-state index in [-0.39, 0.29) is 29.3 Å². The first-order valence-corrected chi connectivity index (χ1v) is 11.5. The molecule has 33 heavy (non-hydrogen) atoms. The molecule has 3 rings (SSSR count). The molecule has 0 saturated carbocycles. The summed E-state index contributed by atoms with van der Waals surface area (Å²) in [6.45, 7) is -0.334. The van der Waals surface area contributed by atoms with Crippen molar-refractivity contribution in [3.63, 3.8) is 0 Å². The van der Waals surface area contributed by atoms with Crippen molar-refractivity contribution in [2.75, 3.05) is 20.6 Å². The number of hydrogen-bond donors (Lipinski definition) is 3. The summed E-state index contributed by atoms with van der Waals surface area (Å²) in [7, 11) is -0.932. The van der Waals surface area contributed by atoms with E-state index in [0.29, 0.717) is 0 Å². The minimum absolute atomic E-state index is 0.0489. The van der Waals surface area contributed by atoms with E-state index in [4.69, 9.17) is 0 Å². The summed E-state index contributed by atoms with van der Waals surface area (Å²) in [6, 6.07) is 18.8. The second-order valence-electron chi connectivity index (χ2n) is 7.41. The van der Waals surface area contributed by atoms with E-state index in [2.05, 4.69) is 16.2 Å². The summed E-state index contributed by atoms with van der Waals surface area (Å²) >= 11 is 0. The molecule has 3 amide bonds. The number of amides is 3. The van der Waals surface area contributed by atoms with Crippen LogP contribution < -0.4 is 16.2 Å². The lowest BCUT2D eigenvalue weighted by atomic mass is 10.0. The lowest BCUT2D eigenvalue weighted by Crippen LogP contribution is -2.46. The molecule has 9 nitrogen and oxygen atoms in total. The lowest BCUT2D eigenvalue weighted by Gasteiger charge is -2.12. The molecule has 172 valence electrons. The highest BCUT2D eigenvalue weighted by atomic mass is 32.2. The summed E-state index contributed by atoms with van der Waals surface area (Å²) in [5, 5.41) is 4.50. The second-order valence-corrected chi connectivity index (χ2v) is 9.56. The van der Waals surface area contributed by atoms with Crippen molar-refractivity contribution in [2.24, 2.45) is 0 Å². The van der Waals surface area contributed by atoms with Crippen LogP contribution >= 0.6 is 0 Å². The molecule has 0 saturated heterocycles. The van der Waals surface area contributed by atoms with Gasteiger partial charge in [-0.05, 0) is 34.5 Å². The van der Waals surface area contributed by atoms with Crippen LogP contribution in [0.1, 0.15) is 15.9 Å². The van der Waals surface area contributed by atoms with Gasteiger partial charge >= 0.3 is 0 Å². The topological polar surface area (TPSA) is 125 Å². The first kappa shape index (κ1) is 23.9. The molecule has 10 heteroatoms. The SMILES string of the molecule is CN(C)S(=O)(=O)c1cccc(C(=O)NNC(=O)CNC(=O)Cc2cccc3ccccc23)c1. The highest BCUT2D eigenvalue weighted by molar-refractivity contribution is 7.89. The third-order valence-electron chi connectivity index (χ3n) is 4.87. The van der Waals surface area contributed by atoms with Crippen LogP contribution in [0.3, 0.4) is 0 Å². The Hall–Kier alpha value is -3.76. The minimum Gasteiger partial charge on any atom is -0.347 e. The zero-order valence-electron chi connectivity index (χ0n) is 18.2. The summed E-state index contributed by atoms with van der Waals surface area (Å²) in [5.41, 5.74) is 5.30. The monoisotopic (exact) mass is 468 g/mol. The molecule has 3 N–H and O–H groups in total. The van der Waals surface area contributed by atoms with Crippen LogP contribution in [0.5, 0.6) is 0 Å². The molecule has 0 aliphatic carbocycles. The molecule has 0 radical (unpaired) electrons. The van der Waals surface area contributed by atoms with Crippen molar-refractivity contribution in [2.45, 2.75) is 11.3 Å². The van der Waals surface area contributed by atoms with E-state index in [1.54, 1.807) is 0 Å². The Bertz CT molecular complexity index is 1300. The third-order valence-corrected chi connectivity index (χ3v) is 6.68. The molecule has 0 bridgehead atoms. The van der Waals surface area contributed by atoms with Crippen molar-refractivity contribution in [1.82, 2.24) is 20.5 Å². The van der Waals surface area contributed by atoms with Gasteiger partial charge in [0.15, 0.2) is 0 Å². The van der Waals surface area contributed by atoms with E-state index < -0.39 is 21.8 Å². The van der Waals surface area contributed by atoms with Crippen molar-refractivity contribution in [1.29, 1.82) is 0 Å². The molecule has 0 heterocycles. The number of hydrogen-bond acceptors (Lipinski definition) is 5. The van der Waals surface area contributed by atoms with Gasteiger partial charge in [0.1, 0.15) is 0 Å².